The van der Waals surface area contributed by atoms with Gasteiger partial charge in [0, 0.05) is 39.3 Å². The lowest BCUT2D eigenvalue weighted by Crippen LogP contribution is -2.54. The molecule has 2 fully saturated rings. The predicted molar refractivity (Wildman–Crippen MR) is 124 cm³/mol. The Labute approximate surface area is 193 Å². The van der Waals surface area contributed by atoms with Crippen LogP contribution < -0.4 is 0 Å². The summed E-state index contributed by atoms with van der Waals surface area (Å²) < 4.78 is 27.8. The fourth-order valence-electron chi connectivity index (χ4n) is 4.45. The van der Waals surface area contributed by atoms with E-state index in [0.717, 1.165) is 24.0 Å². The molecule has 2 aromatic rings. The van der Waals surface area contributed by atoms with E-state index in [-0.39, 0.29) is 30.8 Å². The Morgan fingerprint density at radius 2 is 1.75 bits per heavy atom. The highest BCUT2D eigenvalue weighted by Crippen LogP contribution is 2.25. The zero-order valence-electron chi connectivity index (χ0n) is 18.5. The third kappa shape index (κ3) is 4.60. The zero-order chi connectivity index (χ0) is 22.9. The van der Waals surface area contributed by atoms with Crippen molar-refractivity contribution in [2.45, 2.75) is 31.6 Å². The van der Waals surface area contributed by atoms with E-state index < -0.39 is 10.0 Å². The van der Waals surface area contributed by atoms with Gasteiger partial charge in [0.1, 0.15) is 0 Å². The van der Waals surface area contributed by atoms with Crippen molar-refractivity contribution >= 4 is 33.2 Å². The number of thiophene rings is 1. The second kappa shape index (κ2) is 9.33. The molecule has 4 rings (SSSR count). The molecule has 2 saturated heterocycles. The molecule has 0 N–H and O–H groups in total. The monoisotopic (exact) mass is 475 g/mol. The summed E-state index contributed by atoms with van der Waals surface area (Å²) in [6, 6.07) is 9.11. The Hall–Kier alpha value is -2.23. The first-order valence-corrected chi connectivity index (χ1v) is 13.3. The number of likely N-dealkylation sites (tertiary alicyclic amines) is 1. The Morgan fingerprint density at radius 3 is 2.44 bits per heavy atom. The molecule has 32 heavy (non-hydrogen) atoms. The molecule has 2 aliphatic heterocycles. The van der Waals surface area contributed by atoms with Gasteiger partial charge in [0.05, 0.1) is 15.7 Å². The van der Waals surface area contributed by atoms with Crippen molar-refractivity contribution in [3.05, 3.63) is 51.7 Å². The van der Waals surface area contributed by atoms with Crippen LogP contribution in [0.15, 0.2) is 40.6 Å². The molecule has 172 valence electrons. The highest BCUT2D eigenvalue weighted by atomic mass is 32.2. The second-order valence-electron chi connectivity index (χ2n) is 8.57. The van der Waals surface area contributed by atoms with E-state index >= 15 is 0 Å². The standard InChI is InChI=1S/C23H29N3O4S2/c1-17-7-8-18(2)21(15-17)32(29,30)26-12-10-24(11-13-26)22(27)19-5-3-9-25(16-19)23(28)20-6-4-14-31-20/h4,6-8,14-15,19H,3,5,9-13,16H2,1-2H3. The van der Waals surface area contributed by atoms with Crippen molar-refractivity contribution in [2.24, 2.45) is 5.92 Å². The number of rotatable bonds is 4. The molecule has 3 heterocycles. The largest absolute Gasteiger partial charge is 0.340 e. The number of piperidine rings is 1. The lowest BCUT2D eigenvalue weighted by molar-refractivity contribution is -0.138. The molecule has 2 amide bonds. The average molecular weight is 476 g/mol. The van der Waals surface area contributed by atoms with Crippen LogP contribution in [0.1, 0.15) is 33.6 Å². The number of nitrogens with zero attached hydrogens (tertiary/aromatic N) is 3. The van der Waals surface area contributed by atoms with Gasteiger partial charge in [0.15, 0.2) is 0 Å². The average Bonchev–Trinajstić information content (AvgIpc) is 3.35. The van der Waals surface area contributed by atoms with Crippen molar-refractivity contribution < 1.29 is 18.0 Å². The number of piperazine rings is 1. The molecule has 7 nitrogen and oxygen atoms in total. The summed E-state index contributed by atoms with van der Waals surface area (Å²) >= 11 is 1.42. The maximum absolute atomic E-state index is 13.2. The van der Waals surface area contributed by atoms with Gasteiger partial charge in [-0.25, -0.2) is 8.42 Å². The molecule has 0 bridgehead atoms. The van der Waals surface area contributed by atoms with Crippen LogP contribution in [0.2, 0.25) is 0 Å². The van der Waals surface area contributed by atoms with Gasteiger partial charge in [-0.3, -0.25) is 9.59 Å². The first-order chi connectivity index (χ1) is 15.3. The zero-order valence-corrected chi connectivity index (χ0v) is 20.1. The van der Waals surface area contributed by atoms with Crippen molar-refractivity contribution in [3.8, 4) is 0 Å². The number of carbonyl (C=O) groups excluding carboxylic acids is 2. The summed E-state index contributed by atoms with van der Waals surface area (Å²) in [5.41, 5.74) is 1.63. The van der Waals surface area contributed by atoms with E-state index in [1.54, 1.807) is 22.8 Å². The fraction of sp³-hybridized carbons (Fsp3) is 0.478. The summed E-state index contributed by atoms with van der Waals surface area (Å²) in [6.45, 7) is 6.09. The van der Waals surface area contributed by atoms with Gasteiger partial charge in [-0.2, -0.15) is 4.31 Å². The SMILES string of the molecule is Cc1ccc(C)c(S(=O)(=O)N2CCN(C(=O)C3CCCN(C(=O)c4cccs4)C3)CC2)c1. The molecule has 1 aromatic carbocycles. The number of benzene rings is 1. The molecule has 0 saturated carbocycles. The Morgan fingerprint density at radius 1 is 1.00 bits per heavy atom. The molecule has 1 atom stereocenters. The number of hydrogen-bond acceptors (Lipinski definition) is 5. The van der Waals surface area contributed by atoms with Crippen molar-refractivity contribution in [1.29, 1.82) is 0 Å². The number of aryl methyl sites for hydroxylation is 2. The van der Waals surface area contributed by atoms with Gasteiger partial charge in [0.2, 0.25) is 15.9 Å². The van der Waals surface area contributed by atoms with Gasteiger partial charge >= 0.3 is 0 Å². The topological polar surface area (TPSA) is 78.0 Å². The first-order valence-electron chi connectivity index (χ1n) is 11.0. The minimum absolute atomic E-state index is 0.0121. The third-order valence-electron chi connectivity index (χ3n) is 6.30. The Bertz CT molecular complexity index is 1090. The highest BCUT2D eigenvalue weighted by Gasteiger charge is 2.35. The fourth-order valence-corrected chi connectivity index (χ4v) is 6.87. The molecule has 0 radical (unpaired) electrons. The van der Waals surface area contributed by atoms with Crippen molar-refractivity contribution in [1.82, 2.24) is 14.1 Å². The van der Waals surface area contributed by atoms with Crippen molar-refractivity contribution in [2.75, 3.05) is 39.3 Å². The Balaban J connectivity index is 1.38. The maximum Gasteiger partial charge on any atom is 0.263 e. The summed E-state index contributed by atoms with van der Waals surface area (Å²) in [5.74, 6) is -0.214. The van der Waals surface area contributed by atoms with Gasteiger partial charge < -0.3 is 9.80 Å². The van der Waals surface area contributed by atoms with E-state index in [4.69, 9.17) is 0 Å². The lowest BCUT2D eigenvalue weighted by atomic mass is 9.96. The van der Waals surface area contributed by atoms with Crippen LogP contribution in [0.5, 0.6) is 0 Å². The molecular weight excluding hydrogens is 446 g/mol. The summed E-state index contributed by atoms with van der Waals surface area (Å²) in [4.78, 5) is 30.4. The van der Waals surface area contributed by atoms with Crippen molar-refractivity contribution in [3.63, 3.8) is 0 Å². The van der Waals surface area contributed by atoms with E-state index in [0.29, 0.717) is 36.0 Å². The number of amides is 2. The van der Waals surface area contributed by atoms with Crippen LogP contribution in [-0.2, 0) is 14.8 Å². The quantitative estimate of drug-likeness (QED) is 0.681. The predicted octanol–water partition coefficient (Wildman–Crippen LogP) is 2.75. The van der Waals surface area contributed by atoms with Crippen LogP contribution >= 0.6 is 11.3 Å². The summed E-state index contributed by atoms with van der Waals surface area (Å²) in [7, 11) is -3.59. The van der Waals surface area contributed by atoms with E-state index in [1.807, 2.05) is 36.6 Å². The van der Waals surface area contributed by atoms with Gasteiger partial charge in [-0.05, 0) is 55.3 Å². The molecule has 1 unspecified atom stereocenters. The molecular formula is C23H29N3O4S2. The van der Waals surface area contributed by atoms with Crippen LogP contribution in [0.3, 0.4) is 0 Å². The smallest absolute Gasteiger partial charge is 0.263 e. The van der Waals surface area contributed by atoms with Crippen LogP contribution in [-0.4, -0.2) is 73.6 Å². The minimum Gasteiger partial charge on any atom is -0.340 e. The second-order valence-corrected chi connectivity index (χ2v) is 11.4. The van der Waals surface area contributed by atoms with E-state index in [2.05, 4.69) is 0 Å². The first kappa shape index (κ1) is 22.9. The van der Waals surface area contributed by atoms with E-state index in [1.165, 1.54) is 15.6 Å². The maximum atomic E-state index is 13.2. The minimum atomic E-state index is -3.59. The third-order valence-corrected chi connectivity index (χ3v) is 9.20. The number of sulfonamides is 1. The Kier molecular flexibility index (Phi) is 6.69. The van der Waals surface area contributed by atoms with Crippen LogP contribution in [0.25, 0.3) is 0 Å². The van der Waals surface area contributed by atoms with Gasteiger partial charge in [-0.1, -0.05) is 18.2 Å². The molecule has 2 aliphatic rings. The van der Waals surface area contributed by atoms with Crippen LogP contribution in [0.4, 0.5) is 0 Å². The molecule has 0 aliphatic carbocycles. The van der Waals surface area contributed by atoms with E-state index in [9.17, 15) is 18.0 Å². The summed E-state index contributed by atoms with van der Waals surface area (Å²) in [5, 5.41) is 1.88. The molecule has 9 heteroatoms. The lowest BCUT2D eigenvalue weighted by Gasteiger charge is -2.38. The van der Waals surface area contributed by atoms with Gasteiger partial charge in [0.25, 0.3) is 5.91 Å². The number of carbonyl (C=O) groups is 2. The molecule has 0 spiro atoms. The molecule has 1 aromatic heterocycles. The number of hydrogen-bond donors (Lipinski definition) is 0. The normalized spacial score (nSPS) is 20.4. The summed E-state index contributed by atoms with van der Waals surface area (Å²) in [6.07, 6.45) is 1.56. The van der Waals surface area contributed by atoms with Gasteiger partial charge in [-0.15, -0.1) is 11.3 Å². The van der Waals surface area contributed by atoms with Crippen LogP contribution in [0, 0.1) is 19.8 Å². The highest BCUT2D eigenvalue weighted by molar-refractivity contribution is 7.89.